The smallest absolute Gasteiger partial charge is 0.257 e. The summed E-state index contributed by atoms with van der Waals surface area (Å²) < 4.78 is 43.7. The van der Waals surface area contributed by atoms with E-state index in [1.54, 1.807) is 38.1 Å². The highest BCUT2D eigenvalue weighted by Crippen LogP contribution is 2.32. The molecule has 2 aliphatic heterocycles. The number of nitrogens with zero attached hydrogens (tertiary/aromatic N) is 1. The minimum Gasteiger partial charge on any atom is -0.497 e. The Bertz CT molecular complexity index is 1230. The molecule has 37 heavy (non-hydrogen) atoms. The number of nitrogens with one attached hydrogen (secondary N) is 2. The van der Waals surface area contributed by atoms with Gasteiger partial charge in [-0.2, -0.15) is 0 Å². The van der Waals surface area contributed by atoms with E-state index in [2.05, 4.69) is 10.0 Å². The number of amides is 2. The zero-order chi connectivity index (χ0) is 26.6. The molecule has 0 unspecified atom stereocenters. The molecule has 0 bridgehead atoms. The molecule has 3 atom stereocenters. The van der Waals surface area contributed by atoms with Crippen molar-refractivity contribution in [3.63, 3.8) is 0 Å². The molecule has 2 aliphatic rings. The van der Waals surface area contributed by atoms with Crippen LogP contribution in [0.15, 0.2) is 42.5 Å². The maximum atomic E-state index is 13.3. The lowest BCUT2D eigenvalue weighted by molar-refractivity contribution is -0.134. The topological polar surface area (TPSA) is 123 Å². The number of methoxy groups -OCH3 is 1. The number of carbonyl (C=O) groups excluding carboxylic acids is 2. The minimum absolute atomic E-state index is 0.0732. The van der Waals surface area contributed by atoms with Crippen molar-refractivity contribution in [3.05, 3.63) is 53.6 Å². The van der Waals surface area contributed by atoms with E-state index >= 15 is 0 Å². The molecule has 2 N–H and O–H groups in total. The number of benzene rings is 2. The van der Waals surface area contributed by atoms with Gasteiger partial charge in [-0.15, -0.1) is 0 Å². The summed E-state index contributed by atoms with van der Waals surface area (Å²) in [6.45, 7) is 2.16. The van der Waals surface area contributed by atoms with Crippen LogP contribution in [0.25, 0.3) is 0 Å². The van der Waals surface area contributed by atoms with Gasteiger partial charge in [-0.1, -0.05) is 12.1 Å². The Kier molecular flexibility index (Phi) is 8.23. The van der Waals surface area contributed by atoms with Gasteiger partial charge in [-0.3, -0.25) is 14.3 Å². The molecule has 1 fully saturated rings. The zero-order valence-corrected chi connectivity index (χ0v) is 22.0. The van der Waals surface area contributed by atoms with E-state index in [0.29, 0.717) is 30.8 Å². The van der Waals surface area contributed by atoms with E-state index in [0.717, 1.165) is 11.3 Å². The summed E-state index contributed by atoms with van der Waals surface area (Å²) in [6, 6.07) is 11.9. The number of likely N-dealkylation sites (N-methyl/N-ethyl adjacent to an activating group) is 1. The van der Waals surface area contributed by atoms with Crippen LogP contribution in [0.3, 0.4) is 0 Å². The van der Waals surface area contributed by atoms with E-state index in [9.17, 15) is 18.0 Å². The van der Waals surface area contributed by atoms with E-state index in [1.807, 2.05) is 24.3 Å². The molecular weight excluding hydrogens is 498 g/mol. The van der Waals surface area contributed by atoms with Crippen molar-refractivity contribution in [1.29, 1.82) is 0 Å². The molecule has 200 valence electrons. The van der Waals surface area contributed by atoms with Gasteiger partial charge in [0.05, 0.1) is 37.0 Å². The van der Waals surface area contributed by atoms with Gasteiger partial charge in [-0.25, -0.2) is 8.42 Å². The first-order chi connectivity index (χ1) is 17.7. The summed E-state index contributed by atoms with van der Waals surface area (Å²) in [4.78, 5) is 27.5. The van der Waals surface area contributed by atoms with Crippen LogP contribution in [0.5, 0.6) is 11.5 Å². The van der Waals surface area contributed by atoms with Crippen molar-refractivity contribution < 1.29 is 32.2 Å². The monoisotopic (exact) mass is 531 g/mol. The van der Waals surface area contributed by atoms with Crippen LogP contribution in [0.2, 0.25) is 0 Å². The average Bonchev–Trinajstić information content (AvgIpc) is 2.90. The Hall–Kier alpha value is -3.31. The molecule has 0 spiro atoms. The molecular formula is C26H33N3O7S. The summed E-state index contributed by atoms with van der Waals surface area (Å²) in [5, 5.41) is 2.93. The summed E-state index contributed by atoms with van der Waals surface area (Å²) >= 11 is 0. The molecule has 2 amide bonds. The van der Waals surface area contributed by atoms with Crippen molar-refractivity contribution in [2.24, 2.45) is 0 Å². The van der Waals surface area contributed by atoms with E-state index in [4.69, 9.17) is 14.2 Å². The van der Waals surface area contributed by atoms with Gasteiger partial charge in [-0.05, 0) is 55.7 Å². The highest BCUT2D eigenvalue weighted by Gasteiger charge is 2.39. The van der Waals surface area contributed by atoms with Crippen LogP contribution in [0, 0.1) is 0 Å². The van der Waals surface area contributed by atoms with Gasteiger partial charge in [0, 0.05) is 19.3 Å². The van der Waals surface area contributed by atoms with Crippen molar-refractivity contribution in [2.45, 2.75) is 51.0 Å². The van der Waals surface area contributed by atoms with E-state index < -0.39 is 16.1 Å². The predicted octanol–water partition coefficient (Wildman–Crippen LogP) is 2.54. The second-order valence-electron chi connectivity index (χ2n) is 9.21. The largest absolute Gasteiger partial charge is 0.497 e. The van der Waals surface area contributed by atoms with Crippen molar-refractivity contribution in [2.75, 3.05) is 31.2 Å². The van der Waals surface area contributed by atoms with Crippen molar-refractivity contribution >= 4 is 27.5 Å². The van der Waals surface area contributed by atoms with Gasteiger partial charge in [0.25, 0.3) is 5.91 Å². The van der Waals surface area contributed by atoms with Crippen LogP contribution in [0.1, 0.15) is 42.1 Å². The summed E-state index contributed by atoms with van der Waals surface area (Å²) in [7, 11) is -0.160. The number of hydrogen-bond acceptors (Lipinski definition) is 7. The number of carbonyl (C=O) groups is 2. The number of rotatable bonds is 8. The number of hydrogen-bond donors (Lipinski definition) is 2. The van der Waals surface area contributed by atoms with Gasteiger partial charge in [0.2, 0.25) is 15.9 Å². The Balaban J connectivity index is 1.37. The molecule has 0 aliphatic carbocycles. The first-order valence-electron chi connectivity index (χ1n) is 12.3. The Morgan fingerprint density at radius 3 is 2.62 bits per heavy atom. The Morgan fingerprint density at radius 1 is 1.16 bits per heavy atom. The second kappa shape index (κ2) is 11.4. The van der Waals surface area contributed by atoms with Gasteiger partial charge < -0.3 is 24.4 Å². The fourth-order valence-corrected chi connectivity index (χ4v) is 5.20. The third kappa shape index (κ3) is 6.53. The first-order valence-corrected chi connectivity index (χ1v) is 13.9. The fraction of sp³-hybridized carbons (Fsp3) is 0.462. The maximum Gasteiger partial charge on any atom is 0.257 e. The third-order valence-corrected chi connectivity index (χ3v) is 8.03. The van der Waals surface area contributed by atoms with Crippen LogP contribution in [-0.2, 0) is 26.1 Å². The molecule has 10 nitrogen and oxygen atoms in total. The maximum absolute atomic E-state index is 13.3. The zero-order valence-electron chi connectivity index (χ0n) is 21.2. The van der Waals surface area contributed by atoms with Crippen LogP contribution >= 0.6 is 0 Å². The lowest BCUT2D eigenvalue weighted by Gasteiger charge is -2.42. The normalized spacial score (nSPS) is 21.5. The molecule has 2 heterocycles. The predicted molar refractivity (Wildman–Crippen MR) is 138 cm³/mol. The van der Waals surface area contributed by atoms with Crippen molar-refractivity contribution in [3.8, 4) is 11.5 Å². The SMILES string of the molecule is CCS(=O)(=O)Nc1ccc2c(c1)C(=O)N(C)[C@@H]1CC[C@H](CC(=O)NCc3ccc(OC)cc3)O[C@@H]1CO2. The van der Waals surface area contributed by atoms with Crippen molar-refractivity contribution in [1.82, 2.24) is 10.2 Å². The Labute approximate surface area is 217 Å². The van der Waals surface area contributed by atoms with Crippen LogP contribution < -0.4 is 19.5 Å². The van der Waals surface area contributed by atoms with Gasteiger partial charge in [0.15, 0.2) is 0 Å². The van der Waals surface area contributed by atoms with E-state index in [1.165, 1.54) is 6.07 Å². The van der Waals surface area contributed by atoms with E-state index in [-0.39, 0.29) is 48.3 Å². The minimum atomic E-state index is -3.48. The molecule has 2 aromatic rings. The quantitative estimate of drug-likeness (QED) is 0.537. The summed E-state index contributed by atoms with van der Waals surface area (Å²) in [5.74, 6) is 0.660. The average molecular weight is 532 g/mol. The number of anilines is 1. The molecule has 1 saturated heterocycles. The standard InChI is InChI=1S/C26H33N3O7S/c1-4-37(32,33)28-18-7-12-23-21(13-18)26(31)29(2)22-11-10-20(36-24(22)16-35-23)14-25(30)27-15-17-5-8-19(34-3)9-6-17/h5-9,12-13,20,22,24,28H,4,10-11,14-16H2,1-3H3,(H,27,30)/t20-,22-,24-/m1/s1. The van der Waals surface area contributed by atoms with Crippen LogP contribution in [-0.4, -0.2) is 69.9 Å². The number of fused-ring (bicyclic) bond motifs is 2. The molecule has 0 saturated carbocycles. The highest BCUT2D eigenvalue weighted by atomic mass is 32.2. The molecule has 0 aromatic heterocycles. The Morgan fingerprint density at radius 2 is 1.92 bits per heavy atom. The molecule has 4 rings (SSSR count). The lowest BCUT2D eigenvalue weighted by Crippen LogP contribution is -2.53. The van der Waals surface area contributed by atoms with Crippen LogP contribution in [0.4, 0.5) is 5.69 Å². The first kappa shape index (κ1) is 26.7. The van der Waals surface area contributed by atoms with Gasteiger partial charge >= 0.3 is 0 Å². The number of sulfonamides is 1. The fourth-order valence-electron chi connectivity index (χ4n) is 4.57. The lowest BCUT2D eigenvalue weighted by atomic mass is 9.94. The van der Waals surface area contributed by atoms with Gasteiger partial charge in [0.1, 0.15) is 24.2 Å². The molecule has 2 aromatic carbocycles. The molecule has 0 radical (unpaired) electrons. The second-order valence-corrected chi connectivity index (χ2v) is 11.2. The molecule has 11 heteroatoms. The summed E-state index contributed by atoms with van der Waals surface area (Å²) in [6.07, 6.45) is 0.818. The highest BCUT2D eigenvalue weighted by molar-refractivity contribution is 7.92. The summed E-state index contributed by atoms with van der Waals surface area (Å²) in [5.41, 5.74) is 1.57. The number of ether oxygens (including phenoxy) is 3. The third-order valence-electron chi connectivity index (χ3n) is 6.73.